The summed E-state index contributed by atoms with van der Waals surface area (Å²) in [6.07, 6.45) is 0.114. The van der Waals surface area contributed by atoms with Crippen molar-refractivity contribution in [2.75, 3.05) is 12.8 Å². The molecule has 5 nitrogen and oxygen atoms in total. The number of hydrogen-bond acceptors (Lipinski definition) is 5. The van der Waals surface area contributed by atoms with Crippen LogP contribution in [0.2, 0.25) is 0 Å². The minimum Gasteiger partial charge on any atom is -0.468 e. The first-order valence-electron chi connectivity index (χ1n) is 7.60. The summed E-state index contributed by atoms with van der Waals surface area (Å²) in [4.78, 5) is 11.8. The second kappa shape index (κ2) is 8.36. The van der Waals surface area contributed by atoms with Gasteiger partial charge in [0, 0.05) is 5.56 Å². The molecular formula is C18H22ClNO4S. The number of carbonyl (C=O) groups excluding carboxylic acids is 1. The van der Waals surface area contributed by atoms with E-state index in [0.717, 1.165) is 11.1 Å². The lowest BCUT2D eigenvalue weighted by atomic mass is 9.99. The third-order valence-corrected chi connectivity index (χ3v) is 6.24. The predicted molar refractivity (Wildman–Crippen MR) is 102 cm³/mol. The number of aryl methyl sites for hydroxylation is 1. The van der Waals surface area contributed by atoms with Crippen molar-refractivity contribution in [3.63, 3.8) is 0 Å². The smallest absolute Gasteiger partial charge is 0.324 e. The molecule has 7 heteroatoms. The van der Waals surface area contributed by atoms with Crippen molar-refractivity contribution in [2.24, 2.45) is 0 Å². The summed E-state index contributed by atoms with van der Waals surface area (Å²) in [5, 5.41) is -1.27. The molecule has 0 heterocycles. The van der Waals surface area contributed by atoms with Crippen LogP contribution >= 0.6 is 12.4 Å². The number of carbonyl (C=O) groups is 1. The average Bonchev–Trinajstić information content (AvgIpc) is 2.55. The fourth-order valence-corrected chi connectivity index (χ4v) is 4.50. The lowest BCUT2D eigenvalue weighted by Crippen LogP contribution is -2.31. The molecule has 0 aliphatic rings. The summed E-state index contributed by atoms with van der Waals surface area (Å²) >= 11 is 0. The first-order valence-corrected chi connectivity index (χ1v) is 9.15. The van der Waals surface area contributed by atoms with Crippen molar-refractivity contribution < 1.29 is 17.9 Å². The van der Waals surface area contributed by atoms with Crippen LogP contribution in [0.15, 0.2) is 47.4 Å². The van der Waals surface area contributed by atoms with Crippen LogP contribution in [0.25, 0.3) is 11.1 Å². The van der Waals surface area contributed by atoms with Gasteiger partial charge in [-0.3, -0.25) is 4.79 Å². The Hall–Kier alpha value is -2.05. The average molecular weight is 384 g/mol. The van der Waals surface area contributed by atoms with E-state index in [1.54, 1.807) is 13.0 Å². The lowest BCUT2D eigenvalue weighted by molar-refractivity contribution is -0.140. The second-order valence-electron chi connectivity index (χ2n) is 5.50. The van der Waals surface area contributed by atoms with Gasteiger partial charge in [-0.25, -0.2) is 8.42 Å². The van der Waals surface area contributed by atoms with Crippen LogP contribution in [0.3, 0.4) is 0 Å². The Kier molecular flexibility index (Phi) is 7.02. The van der Waals surface area contributed by atoms with Crippen molar-refractivity contribution in [3.05, 3.63) is 48.0 Å². The third kappa shape index (κ3) is 3.96. The SMILES string of the molecule is CCC(C(=O)OC)S(=O)(=O)c1ccc(C)c(-c2ccccc2)c1N.Cl. The standard InChI is InChI=1S/C18H21NO4S.ClH/c1-4-14(18(20)23-3)24(21,22)15-11-10-12(2)16(17(15)19)13-8-6-5-7-9-13;/h5-11,14H,4,19H2,1-3H3;1H. The molecule has 2 aromatic carbocycles. The number of rotatable bonds is 5. The van der Waals surface area contributed by atoms with Gasteiger partial charge >= 0.3 is 5.97 Å². The van der Waals surface area contributed by atoms with Gasteiger partial charge in [0.05, 0.1) is 17.7 Å². The Morgan fingerprint density at radius 3 is 2.28 bits per heavy atom. The fraction of sp³-hybridized carbons (Fsp3) is 0.278. The van der Waals surface area contributed by atoms with E-state index < -0.39 is 21.1 Å². The highest BCUT2D eigenvalue weighted by molar-refractivity contribution is 7.93. The van der Waals surface area contributed by atoms with Gasteiger partial charge in [-0.05, 0) is 30.5 Å². The van der Waals surface area contributed by atoms with Crippen molar-refractivity contribution in [1.82, 2.24) is 0 Å². The third-order valence-electron chi connectivity index (χ3n) is 3.99. The summed E-state index contributed by atoms with van der Waals surface area (Å²) < 4.78 is 30.4. The quantitative estimate of drug-likeness (QED) is 0.631. The molecule has 136 valence electrons. The molecule has 0 saturated heterocycles. The van der Waals surface area contributed by atoms with E-state index in [2.05, 4.69) is 4.74 Å². The fourth-order valence-electron chi connectivity index (χ4n) is 2.74. The zero-order valence-electron chi connectivity index (χ0n) is 14.4. The first kappa shape index (κ1) is 21.0. The molecular weight excluding hydrogens is 362 g/mol. The van der Waals surface area contributed by atoms with Crippen LogP contribution in [-0.4, -0.2) is 26.7 Å². The van der Waals surface area contributed by atoms with Crippen molar-refractivity contribution in [1.29, 1.82) is 0 Å². The van der Waals surface area contributed by atoms with Gasteiger partial charge < -0.3 is 10.5 Å². The molecule has 1 atom stereocenters. The number of methoxy groups -OCH3 is 1. The number of halogens is 1. The van der Waals surface area contributed by atoms with Gasteiger partial charge in [-0.1, -0.05) is 43.3 Å². The van der Waals surface area contributed by atoms with E-state index in [1.807, 2.05) is 37.3 Å². The summed E-state index contributed by atoms with van der Waals surface area (Å²) in [5.74, 6) is -0.779. The number of hydrogen-bond donors (Lipinski definition) is 1. The van der Waals surface area contributed by atoms with Crippen LogP contribution in [0.5, 0.6) is 0 Å². The van der Waals surface area contributed by atoms with Gasteiger partial charge in [-0.2, -0.15) is 0 Å². The number of nitrogens with two attached hydrogens (primary N) is 1. The predicted octanol–water partition coefficient (Wildman–Crippen LogP) is 3.39. The van der Waals surface area contributed by atoms with E-state index in [9.17, 15) is 13.2 Å². The summed E-state index contributed by atoms with van der Waals surface area (Å²) in [5.41, 5.74) is 8.72. The number of nitrogen functional groups attached to an aromatic ring is 1. The van der Waals surface area contributed by atoms with Gasteiger partial charge in [0.15, 0.2) is 15.1 Å². The molecule has 2 rings (SSSR count). The van der Waals surface area contributed by atoms with E-state index >= 15 is 0 Å². The Bertz CT molecular complexity index is 851. The maximum absolute atomic E-state index is 12.9. The Balaban J connectivity index is 0.00000312. The van der Waals surface area contributed by atoms with E-state index in [4.69, 9.17) is 5.73 Å². The maximum atomic E-state index is 12.9. The maximum Gasteiger partial charge on any atom is 0.324 e. The number of benzene rings is 2. The lowest BCUT2D eigenvalue weighted by Gasteiger charge is -2.18. The molecule has 1 unspecified atom stereocenters. The van der Waals surface area contributed by atoms with Crippen LogP contribution in [-0.2, 0) is 19.4 Å². The molecule has 0 fully saturated rings. The van der Waals surface area contributed by atoms with E-state index in [-0.39, 0.29) is 29.4 Å². The minimum absolute atomic E-state index is 0. The Morgan fingerprint density at radius 2 is 1.76 bits per heavy atom. The van der Waals surface area contributed by atoms with Crippen molar-refractivity contribution >= 4 is 33.9 Å². The van der Waals surface area contributed by atoms with Gasteiger partial charge in [0.2, 0.25) is 0 Å². The highest BCUT2D eigenvalue weighted by atomic mass is 35.5. The molecule has 0 bridgehead atoms. The number of esters is 1. The van der Waals surface area contributed by atoms with E-state index in [1.165, 1.54) is 13.2 Å². The normalized spacial score (nSPS) is 12.1. The monoisotopic (exact) mass is 383 g/mol. The zero-order chi connectivity index (χ0) is 17.9. The van der Waals surface area contributed by atoms with Gasteiger partial charge in [0.25, 0.3) is 0 Å². The van der Waals surface area contributed by atoms with Crippen LogP contribution < -0.4 is 5.73 Å². The molecule has 25 heavy (non-hydrogen) atoms. The summed E-state index contributed by atoms with van der Waals surface area (Å²) in [6.45, 7) is 3.49. The van der Waals surface area contributed by atoms with Crippen LogP contribution in [0, 0.1) is 6.92 Å². The minimum atomic E-state index is -3.94. The highest BCUT2D eigenvalue weighted by Crippen LogP contribution is 2.36. The highest BCUT2D eigenvalue weighted by Gasteiger charge is 2.35. The molecule has 0 saturated carbocycles. The second-order valence-corrected chi connectivity index (χ2v) is 7.60. The molecule has 0 spiro atoms. The molecule has 0 aliphatic carbocycles. The van der Waals surface area contributed by atoms with E-state index in [0.29, 0.717) is 5.56 Å². The number of ether oxygens (including phenoxy) is 1. The zero-order valence-corrected chi connectivity index (χ0v) is 16.0. The molecule has 2 N–H and O–H groups in total. The largest absolute Gasteiger partial charge is 0.468 e. The first-order chi connectivity index (χ1) is 11.3. The number of anilines is 1. The van der Waals surface area contributed by atoms with Crippen molar-refractivity contribution in [2.45, 2.75) is 30.4 Å². The molecule has 0 amide bonds. The number of sulfone groups is 1. The summed E-state index contributed by atoms with van der Waals surface area (Å²) in [7, 11) is -2.76. The van der Waals surface area contributed by atoms with Crippen LogP contribution in [0.1, 0.15) is 18.9 Å². The summed E-state index contributed by atoms with van der Waals surface area (Å²) in [6, 6.07) is 12.5. The molecule has 2 aromatic rings. The van der Waals surface area contributed by atoms with Crippen LogP contribution in [0.4, 0.5) is 5.69 Å². The topological polar surface area (TPSA) is 86.5 Å². The van der Waals surface area contributed by atoms with Gasteiger partial charge in [0.1, 0.15) is 0 Å². The Morgan fingerprint density at radius 1 is 1.16 bits per heavy atom. The van der Waals surface area contributed by atoms with Crippen molar-refractivity contribution in [3.8, 4) is 11.1 Å². The molecule has 0 aromatic heterocycles. The molecule has 0 radical (unpaired) electrons. The Labute approximate surface area is 154 Å². The molecule has 0 aliphatic heterocycles. The van der Waals surface area contributed by atoms with Gasteiger partial charge in [-0.15, -0.1) is 12.4 Å².